The van der Waals surface area contributed by atoms with Crippen molar-refractivity contribution in [2.24, 2.45) is 5.41 Å². The molecule has 1 atom stereocenters. The Kier molecular flexibility index (Phi) is 3.28. The number of nitriles is 1. The number of aliphatic hydroxyl groups excluding tert-OH is 1. The lowest BCUT2D eigenvalue weighted by molar-refractivity contribution is 0.0822. The predicted molar refractivity (Wildman–Crippen MR) is 60.1 cm³/mol. The molecule has 1 unspecified atom stereocenters. The van der Waals surface area contributed by atoms with E-state index >= 15 is 0 Å². The molecule has 0 heterocycles. The number of benzene rings is 1. The van der Waals surface area contributed by atoms with Crippen LogP contribution in [0.25, 0.3) is 0 Å². The zero-order valence-corrected chi connectivity index (χ0v) is 9.07. The number of rotatable bonds is 3. The van der Waals surface area contributed by atoms with Crippen LogP contribution in [0.15, 0.2) is 36.9 Å². The van der Waals surface area contributed by atoms with Gasteiger partial charge in [0.2, 0.25) is 0 Å². The van der Waals surface area contributed by atoms with Crippen LogP contribution in [0.5, 0.6) is 0 Å². The van der Waals surface area contributed by atoms with E-state index in [4.69, 9.17) is 5.26 Å². The van der Waals surface area contributed by atoms with E-state index in [9.17, 15) is 5.11 Å². The standard InChI is InChI=1S/C13H15NO/c1-4-13(2,3)12(15)11-7-5-10(9-14)6-8-11/h4-8,12,15H,1H2,2-3H3. The minimum atomic E-state index is -0.595. The summed E-state index contributed by atoms with van der Waals surface area (Å²) in [7, 11) is 0. The average molecular weight is 201 g/mol. The van der Waals surface area contributed by atoms with Crippen LogP contribution in [0.3, 0.4) is 0 Å². The second kappa shape index (κ2) is 4.29. The topological polar surface area (TPSA) is 44.0 Å². The molecule has 0 amide bonds. The van der Waals surface area contributed by atoms with Crippen LogP contribution in [0.2, 0.25) is 0 Å². The van der Waals surface area contributed by atoms with Crippen molar-refractivity contribution < 1.29 is 5.11 Å². The summed E-state index contributed by atoms with van der Waals surface area (Å²) in [6.45, 7) is 7.54. The second-order valence-electron chi connectivity index (χ2n) is 4.16. The molecular weight excluding hydrogens is 186 g/mol. The van der Waals surface area contributed by atoms with Gasteiger partial charge in [-0.1, -0.05) is 32.1 Å². The van der Waals surface area contributed by atoms with Crippen LogP contribution in [-0.4, -0.2) is 5.11 Å². The molecule has 1 N–H and O–H groups in total. The fourth-order valence-corrected chi connectivity index (χ4v) is 1.28. The summed E-state index contributed by atoms with van der Waals surface area (Å²) in [5, 5.41) is 18.7. The van der Waals surface area contributed by atoms with Crippen molar-refractivity contribution in [1.82, 2.24) is 0 Å². The van der Waals surface area contributed by atoms with E-state index in [0.717, 1.165) is 5.56 Å². The first kappa shape index (κ1) is 11.5. The maximum absolute atomic E-state index is 10.1. The monoisotopic (exact) mass is 201 g/mol. The number of hydrogen-bond donors (Lipinski definition) is 1. The highest BCUT2D eigenvalue weighted by molar-refractivity contribution is 5.33. The summed E-state index contributed by atoms with van der Waals surface area (Å²) >= 11 is 0. The van der Waals surface area contributed by atoms with Gasteiger partial charge in [-0.15, -0.1) is 6.58 Å². The Labute approximate surface area is 90.5 Å². The third-order valence-electron chi connectivity index (χ3n) is 2.59. The molecule has 0 spiro atoms. The third-order valence-corrected chi connectivity index (χ3v) is 2.59. The molecule has 2 heteroatoms. The van der Waals surface area contributed by atoms with Gasteiger partial charge in [-0.2, -0.15) is 5.26 Å². The van der Waals surface area contributed by atoms with Gasteiger partial charge in [-0.3, -0.25) is 0 Å². The molecule has 1 aromatic carbocycles. The maximum Gasteiger partial charge on any atom is 0.0991 e. The van der Waals surface area contributed by atoms with Crippen molar-refractivity contribution in [2.75, 3.05) is 0 Å². The zero-order chi connectivity index (χ0) is 11.5. The molecule has 0 saturated heterocycles. The third kappa shape index (κ3) is 2.45. The van der Waals surface area contributed by atoms with E-state index in [0.29, 0.717) is 5.56 Å². The van der Waals surface area contributed by atoms with Gasteiger partial charge in [-0.25, -0.2) is 0 Å². The summed E-state index contributed by atoms with van der Waals surface area (Å²) in [6, 6.07) is 9.00. The van der Waals surface area contributed by atoms with E-state index in [1.165, 1.54) is 0 Å². The minimum absolute atomic E-state index is 0.367. The van der Waals surface area contributed by atoms with Gasteiger partial charge in [0.05, 0.1) is 17.7 Å². The van der Waals surface area contributed by atoms with Crippen molar-refractivity contribution in [3.8, 4) is 6.07 Å². The Morgan fingerprint density at radius 1 is 1.40 bits per heavy atom. The SMILES string of the molecule is C=CC(C)(C)C(O)c1ccc(C#N)cc1. The van der Waals surface area contributed by atoms with Gasteiger partial charge in [0.25, 0.3) is 0 Å². The molecule has 2 nitrogen and oxygen atoms in total. The summed E-state index contributed by atoms with van der Waals surface area (Å²) in [5.74, 6) is 0. The summed E-state index contributed by atoms with van der Waals surface area (Å²) in [6.07, 6.45) is 1.14. The van der Waals surface area contributed by atoms with Crippen LogP contribution in [0.4, 0.5) is 0 Å². The van der Waals surface area contributed by atoms with Gasteiger partial charge in [0.15, 0.2) is 0 Å². The number of aliphatic hydroxyl groups is 1. The molecule has 0 aliphatic heterocycles. The number of hydrogen-bond acceptors (Lipinski definition) is 2. The minimum Gasteiger partial charge on any atom is -0.388 e. The van der Waals surface area contributed by atoms with E-state index in [1.807, 2.05) is 19.9 Å². The molecule has 1 rings (SSSR count). The van der Waals surface area contributed by atoms with Crippen molar-refractivity contribution >= 4 is 0 Å². The molecule has 15 heavy (non-hydrogen) atoms. The van der Waals surface area contributed by atoms with Crippen LogP contribution in [0.1, 0.15) is 31.1 Å². The first-order valence-electron chi connectivity index (χ1n) is 4.83. The first-order chi connectivity index (χ1) is 7.01. The number of nitrogens with zero attached hydrogens (tertiary/aromatic N) is 1. The summed E-state index contributed by atoms with van der Waals surface area (Å²) in [5.41, 5.74) is 1.04. The van der Waals surface area contributed by atoms with Gasteiger partial charge in [-0.05, 0) is 17.7 Å². The van der Waals surface area contributed by atoms with E-state index in [2.05, 4.69) is 6.58 Å². The Balaban J connectivity index is 2.98. The lowest BCUT2D eigenvalue weighted by atomic mass is 9.83. The highest BCUT2D eigenvalue weighted by Gasteiger charge is 2.25. The van der Waals surface area contributed by atoms with Crippen LogP contribution in [0, 0.1) is 16.7 Å². The van der Waals surface area contributed by atoms with Crippen molar-refractivity contribution in [2.45, 2.75) is 20.0 Å². The molecule has 78 valence electrons. The van der Waals surface area contributed by atoms with Crippen LogP contribution >= 0.6 is 0 Å². The Morgan fingerprint density at radius 2 is 1.93 bits per heavy atom. The lowest BCUT2D eigenvalue weighted by Crippen LogP contribution is -2.18. The first-order valence-corrected chi connectivity index (χ1v) is 4.83. The fourth-order valence-electron chi connectivity index (χ4n) is 1.28. The lowest BCUT2D eigenvalue weighted by Gasteiger charge is -2.27. The normalized spacial score (nSPS) is 12.9. The van der Waals surface area contributed by atoms with E-state index < -0.39 is 6.10 Å². The summed E-state index contributed by atoms with van der Waals surface area (Å²) in [4.78, 5) is 0. The zero-order valence-electron chi connectivity index (χ0n) is 9.07. The largest absolute Gasteiger partial charge is 0.388 e. The van der Waals surface area contributed by atoms with Gasteiger partial charge in [0, 0.05) is 5.41 Å². The Hall–Kier alpha value is -1.59. The Morgan fingerprint density at radius 3 is 2.33 bits per heavy atom. The maximum atomic E-state index is 10.1. The molecule has 1 aromatic rings. The molecule has 0 bridgehead atoms. The van der Waals surface area contributed by atoms with Crippen molar-refractivity contribution in [1.29, 1.82) is 5.26 Å². The van der Waals surface area contributed by atoms with Gasteiger partial charge >= 0.3 is 0 Å². The second-order valence-corrected chi connectivity index (χ2v) is 4.16. The smallest absolute Gasteiger partial charge is 0.0991 e. The van der Waals surface area contributed by atoms with Crippen molar-refractivity contribution in [3.05, 3.63) is 48.0 Å². The molecule has 0 aliphatic carbocycles. The van der Waals surface area contributed by atoms with Crippen LogP contribution < -0.4 is 0 Å². The highest BCUT2D eigenvalue weighted by atomic mass is 16.3. The molecule has 0 saturated carbocycles. The Bertz CT molecular complexity index is 384. The van der Waals surface area contributed by atoms with Crippen molar-refractivity contribution in [3.63, 3.8) is 0 Å². The quantitative estimate of drug-likeness (QED) is 0.764. The fraction of sp³-hybridized carbons (Fsp3) is 0.308. The predicted octanol–water partition coefficient (Wildman–Crippen LogP) is 2.80. The van der Waals surface area contributed by atoms with Gasteiger partial charge < -0.3 is 5.11 Å². The molecule has 0 aliphatic rings. The summed E-state index contributed by atoms with van der Waals surface area (Å²) < 4.78 is 0. The highest BCUT2D eigenvalue weighted by Crippen LogP contribution is 2.33. The van der Waals surface area contributed by atoms with Gasteiger partial charge in [0.1, 0.15) is 0 Å². The van der Waals surface area contributed by atoms with E-state index in [1.54, 1.807) is 30.3 Å². The van der Waals surface area contributed by atoms with Crippen LogP contribution in [-0.2, 0) is 0 Å². The molecule has 0 radical (unpaired) electrons. The molecular formula is C13H15NO. The molecule has 0 aromatic heterocycles. The van der Waals surface area contributed by atoms with E-state index in [-0.39, 0.29) is 5.41 Å². The average Bonchev–Trinajstić information content (AvgIpc) is 2.28. The molecule has 0 fully saturated rings.